The monoisotopic (exact) mass is 168 g/mol. The maximum Gasteiger partial charge on any atom is 0.158 e. The van der Waals surface area contributed by atoms with Crippen molar-refractivity contribution in [2.75, 3.05) is 13.2 Å². The number of hydrogen-bond donors (Lipinski definition) is 0. The van der Waals surface area contributed by atoms with E-state index in [1.807, 2.05) is 13.8 Å². The summed E-state index contributed by atoms with van der Waals surface area (Å²) in [5.41, 5.74) is 1.09. The van der Waals surface area contributed by atoms with Crippen LogP contribution in [0.4, 0.5) is 0 Å². The van der Waals surface area contributed by atoms with E-state index in [1.54, 1.807) is 6.08 Å². The summed E-state index contributed by atoms with van der Waals surface area (Å²) in [5, 5.41) is 0. The van der Waals surface area contributed by atoms with Gasteiger partial charge in [0.2, 0.25) is 0 Å². The molecule has 2 heteroatoms. The highest BCUT2D eigenvalue weighted by Gasteiger charge is 2.19. The molecule has 0 atom stereocenters. The van der Waals surface area contributed by atoms with Gasteiger partial charge in [0.1, 0.15) is 0 Å². The summed E-state index contributed by atoms with van der Waals surface area (Å²) in [6.45, 7) is 5.40. The Labute approximate surface area is 73.6 Å². The Bertz CT molecular complexity index is 184. The molecule has 0 unspecified atom stereocenters. The minimum absolute atomic E-state index is 0.216. The van der Waals surface area contributed by atoms with E-state index in [-0.39, 0.29) is 11.7 Å². The lowest BCUT2D eigenvalue weighted by atomic mass is 9.94. The summed E-state index contributed by atoms with van der Waals surface area (Å²) in [4.78, 5) is 11.5. The minimum atomic E-state index is 0.216. The molecule has 0 bridgehead atoms. The van der Waals surface area contributed by atoms with Crippen LogP contribution in [0.3, 0.4) is 0 Å². The molecular weight excluding hydrogens is 152 g/mol. The maximum absolute atomic E-state index is 11.5. The number of carbonyl (C=O) groups excluding carboxylic acids is 1. The summed E-state index contributed by atoms with van der Waals surface area (Å²) >= 11 is 0. The number of rotatable bonds is 2. The van der Waals surface area contributed by atoms with Gasteiger partial charge in [-0.15, -0.1) is 0 Å². The fourth-order valence-corrected chi connectivity index (χ4v) is 1.38. The van der Waals surface area contributed by atoms with Crippen LogP contribution < -0.4 is 0 Å². The minimum Gasteiger partial charge on any atom is -0.381 e. The molecule has 1 fully saturated rings. The molecule has 1 aliphatic rings. The number of carbonyl (C=O) groups is 1. The highest BCUT2D eigenvalue weighted by atomic mass is 16.5. The topological polar surface area (TPSA) is 26.3 Å². The third kappa shape index (κ3) is 2.78. The number of hydrogen-bond acceptors (Lipinski definition) is 2. The lowest BCUT2D eigenvalue weighted by Gasteiger charge is -2.19. The smallest absolute Gasteiger partial charge is 0.158 e. The van der Waals surface area contributed by atoms with Crippen molar-refractivity contribution in [3.63, 3.8) is 0 Å². The number of allylic oxidation sites excluding steroid dienone is 2. The molecule has 0 amide bonds. The molecule has 1 heterocycles. The SMILES string of the molecule is CC(C)=CC(=O)C1CCOCC1. The Kier molecular flexibility index (Phi) is 3.48. The molecule has 0 saturated carbocycles. The molecule has 0 radical (unpaired) electrons. The van der Waals surface area contributed by atoms with Gasteiger partial charge in [-0.25, -0.2) is 0 Å². The van der Waals surface area contributed by atoms with Crippen molar-refractivity contribution in [1.29, 1.82) is 0 Å². The van der Waals surface area contributed by atoms with E-state index >= 15 is 0 Å². The second kappa shape index (κ2) is 4.41. The third-order valence-corrected chi connectivity index (χ3v) is 2.05. The lowest BCUT2D eigenvalue weighted by Crippen LogP contribution is -2.22. The zero-order valence-electron chi connectivity index (χ0n) is 7.80. The molecule has 0 aromatic carbocycles. The third-order valence-electron chi connectivity index (χ3n) is 2.05. The van der Waals surface area contributed by atoms with Crippen molar-refractivity contribution in [2.24, 2.45) is 5.92 Å². The van der Waals surface area contributed by atoms with Crippen molar-refractivity contribution in [2.45, 2.75) is 26.7 Å². The molecule has 12 heavy (non-hydrogen) atoms. The van der Waals surface area contributed by atoms with E-state index in [0.717, 1.165) is 31.6 Å². The van der Waals surface area contributed by atoms with Crippen LogP contribution in [0, 0.1) is 5.92 Å². The predicted molar refractivity (Wildman–Crippen MR) is 48.0 cm³/mol. The van der Waals surface area contributed by atoms with Crippen LogP contribution in [-0.2, 0) is 9.53 Å². The van der Waals surface area contributed by atoms with Crippen molar-refractivity contribution in [3.8, 4) is 0 Å². The van der Waals surface area contributed by atoms with Crippen molar-refractivity contribution < 1.29 is 9.53 Å². The van der Waals surface area contributed by atoms with E-state index in [4.69, 9.17) is 4.74 Å². The van der Waals surface area contributed by atoms with Crippen LogP contribution in [-0.4, -0.2) is 19.0 Å². The van der Waals surface area contributed by atoms with Crippen molar-refractivity contribution in [3.05, 3.63) is 11.6 Å². The zero-order valence-corrected chi connectivity index (χ0v) is 7.80. The van der Waals surface area contributed by atoms with Gasteiger partial charge in [-0.3, -0.25) is 4.79 Å². The molecule has 0 spiro atoms. The molecular formula is C10H16O2. The first-order valence-electron chi connectivity index (χ1n) is 4.46. The largest absolute Gasteiger partial charge is 0.381 e. The van der Waals surface area contributed by atoms with E-state index in [9.17, 15) is 4.79 Å². The average molecular weight is 168 g/mol. The quantitative estimate of drug-likeness (QED) is 0.589. The van der Waals surface area contributed by atoms with Crippen LogP contribution in [0.25, 0.3) is 0 Å². The summed E-state index contributed by atoms with van der Waals surface area (Å²) in [5.74, 6) is 0.493. The first-order chi connectivity index (χ1) is 5.70. The molecule has 1 aliphatic heterocycles. The van der Waals surface area contributed by atoms with Gasteiger partial charge in [0, 0.05) is 19.1 Å². The first-order valence-corrected chi connectivity index (χ1v) is 4.46. The maximum atomic E-state index is 11.5. The van der Waals surface area contributed by atoms with Gasteiger partial charge in [0.25, 0.3) is 0 Å². The van der Waals surface area contributed by atoms with Crippen molar-refractivity contribution >= 4 is 5.78 Å². The van der Waals surface area contributed by atoms with Gasteiger partial charge in [-0.2, -0.15) is 0 Å². The van der Waals surface area contributed by atoms with Gasteiger partial charge in [0.15, 0.2) is 5.78 Å². The molecule has 68 valence electrons. The van der Waals surface area contributed by atoms with Crippen LogP contribution in [0.5, 0.6) is 0 Å². The second-order valence-corrected chi connectivity index (χ2v) is 3.51. The molecule has 0 aromatic rings. The van der Waals surface area contributed by atoms with Gasteiger partial charge in [-0.05, 0) is 32.8 Å². The number of ketones is 1. The predicted octanol–water partition coefficient (Wildman–Crippen LogP) is 1.95. The molecule has 1 rings (SSSR count). The lowest BCUT2D eigenvalue weighted by molar-refractivity contribution is -0.120. The zero-order chi connectivity index (χ0) is 8.97. The second-order valence-electron chi connectivity index (χ2n) is 3.51. The standard InChI is InChI=1S/C10H16O2/c1-8(2)7-10(11)9-3-5-12-6-4-9/h7,9H,3-6H2,1-2H3. The van der Waals surface area contributed by atoms with E-state index < -0.39 is 0 Å². The molecule has 0 aromatic heterocycles. The van der Waals surface area contributed by atoms with Crippen LogP contribution in [0.1, 0.15) is 26.7 Å². The van der Waals surface area contributed by atoms with E-state index in [2.05, 4.69) is 0 Å². The molecule has 1 saturated heterocycles. The fourth-order valence-electron chi connectivity index (χ4n) is 1.38. The summed E-state index contributed by atoms with van der Waals surface area (Å²) in [6, 6.07) is 0. The molecule has 2 nitrogen and oxygen atoms in total. The Balaban J connectivity index is 2.45. The molecule has 0 aliphatic carbocycles. The highest BCUT2D eigenvalue weighted by Crippen LogP contribution is 2.16. The first kappa shape index (κ1) is 9.46. The van der Waals surface area contributed by atoms with Gasteiger partial charge in [-0.1, -0.05) is 5.57 Å². The van der Waals surface area contributed by atoms with Crippen LogP contribution in [0.15, 0.2) is 11.6 Å². The van der Waals surface area contributed by atoms with Gasteiger partial charge < -0.3 is 4.74 Å². The van der Waals surface area contributed by atoms with E-state index in [0.29, 0.717) is 0 Å². The Morgan fingerprint density at radius 1 is 1.33 bits per heavy atom. The Morgan fingerprint density at radius 2 is 1.92 bits per heavy atom. The fraction of sp³-hybridized carbons (Fsp3) is 0.700. The summed E-state index contributed by atoms with van der Waals surface area (Å²) < 4.78 is 5.18. The molecule has 0 N–H and O–H groups in total. The Morgan fingerprint density at radius 3 is 2.42 bits per heavy atom. The van der Waals surface area contributed by atoms with Gasteiger partial charge in [0.05, 0.1) is 0 Å². The average Bonchev–Trinajstić information content (AvgIpc) is 2.05. The highest BCUT2D eigenvalue weighted by molar-refractivity contribution is 5.92. The normalized spacial score (nSPS) is 18.8. The summed E-state index contributed by atoms with van der Waals surface area (Å²) in [6.07, 6.45) is 3.53. The van der Waals surface area contributed by atoms with Crippen molar-refractivity contribution in [1.82, 2.24) is 0 Å². The van der Waals surface area contributed by atoms with E-state index in [1.165, 1.54) is 0 Å². The Hall–Kier alpha value is -0.630. The number of ether oxygens (including phenoxy) is 1. The van der Waals surface area contributed by atoms with Crippen LogP contribution in [0.2, 0.25) is 0 Å². The van der Waals surface area contributed by atoms with Crippen LogP contribution >= 0.6 is 0 Å². The van der Waals surface area contributed by atoms with Gasteiger partial charge >= 0.3 is 0 Å². The summed E-state index contributed by atoms with van der Waals surface area (Å²) in [7, 11) is 0.